The Hall–Kier alpha value is -3.84. The van der Waals surface area contributed by atoms with Gasteiger partial charge in [-0.2, -0.15) is 0 Å². The molecule has 0 spiro atoms. The predicted molar refractivity (Wildman–Crippen MR) is 121 cm³/mol. The fourth-order valence-electron chi connectivity index (χ4n) is 3.16. The first-order valence-corrected chi connectivity index (χ1v) is 10.8. The SMILES string of the molecule is O=C(Nc1ccccc1Sc1ccccc1)c1ccc(COc2ccc3c(c2)OCO3)o1. The number of benzene rings is 3. The van der Waals surface area contributed by atoms with E-state index in [9.17, 15) is 4.79 Å². The predicted octanol–water partition coefficient (Wildman–Crippen LogP) is 5.99. The van der Waals surface area contributed by atoms with Gasteiger partial charge in [0.15, 0.2) is 17.3 Å². The lowest BCUT2D eigenvalue weighted by molar-refractivity contribution is 0.0992. The van der Waals surface area contributed by atoms with Gasteiger partial charge in [0.1, 0.15) is 18.1 Å². The van der Waals surface area contributed by atoms with Crippen LogP contribution in [0.4, 0.5) is 5.69 Å². The molecule has 1 aliphatic heterocycles. The molecule has 1 aromatic heterocycles. The zero-order chi connectivity index (χ0) is 21.8. The summed E-state index contributed by atoms with van der Waals surface area (Å²) in [6.07, 6.45) is 0. The molecule has 0 saturated carbocycles. The average molecular weight is 445 g/mol. The van der Waals surface area contributed by atoms with E-state index >= 15 is 0 Å². The zero-order valence-electron chi connectivity index (χ0n) is 16.9. The number of hydrogen-bond donors (Lipinski definition) is 1. The van der Waals surface area contributed by atoms with Crippen molar-refractivity contribution in [1.29, 1.82) is 0 Å². The Labute approximate surface area is 189 Å². The Bertz CT molecular complexity index is 1240. The highest BCUT2D eigenvalue weighted by atomic mass is 32.2. The van der Waals surface area contributed by atoms with Crippen molar-refractivity contribution in [2.75, 3.05) is 12.1 Å². The van der Waals surface area contributed by atoms with Crippen molar-refractivity contribution in [3.8, 4) is 17.2 Å². The van der Waals surface area contributed by atoms with Crippen LogP contribution < -0.4 is 19.5 Å². The number of ether oxygens (including phenoxy) is 3. The Morgan fingerprint density at radius 2 is 1.72 bits per heavy atom. The van der Waals surface area contributed by atoms with Crippen LogP contribution in [-0.2, 0) is 6.61 Å². The molecule has 1 aliphatic rings. The number of carbonyl (C=O) groups is 1. The van der Waals surface area contributed by atoms with E-state index in [4.69, 9.17) is 18.6 Å². The van der Waals surface area contributed by atoms with Crippen molar-refractivity contribution in [3.63, 3.8) is 0 Å². The van der Waals surface area contributed by atoms with Gasteiger partial charge in [-0.15, -0.1) is 0 Å². The second kappa shape index (κ2) is 9.11. The molecule has 0 atom stereocenters. The van der Waals surface area contributed by atoms with E-state index in [0.717, 1.165) is 15.5 Å². The minimum atomic E-state index is -0.319. The maximum absolute atomic E-state index is 12.7. The van der Waals surface area contributed by atoms with E-state index in [2.05, 4.69) is 5.32 Å². The summed E-state index contributed by atoms with van der Waals surface area (Å²) in [4.78, 5) is 14.8. The quantitative estimate of drug-likeness (QED) is 0.377. The molecule has 0 bridgehead atoms. The van der Waals surface area contributed by atoms with Crippen molar-refractivity contribution in [1.82, 2.24) is 0 Å². The number of carbonyl (C=O) groups excluding carboxylic acids is 1. The minimum Gasteiger partial charge on any atom is -0.486 e. The third-order valence-corrected chi connectivity index (χ3v) is 5.80. The highest BCUT2D eigenvalue weighted by Gasteiger charge is 2.16. The molecule has 4 aromatic rings. The summed E-state index contributed by atoms with van der Waals surface area (Å²) in [5.74, 6) is 2.41. The van der Waals surface area contributed by atoms with Crippen LogP contribution in [0.2, 0.25) is 0 Å². The van der Waals surface area contributed by atoms with Crippen molar-refractivity contribution in [3.05, 3.63) is 96.4 Å². The normalized spacial score (nSPS) is 11.9. The molecule has 0 aliphatic carbocycles. The molecule has 1 amide bonds. The minimum absolute atomic E-state index is 0.188. The molecule has 160 valence electrons. The summed E-state index contributed by atoms with van der Waals surface area (Å²) in [7, 11) is 0. The Kier molecular flexibility index (Phi) is 5.72. The van der Waals surface area contributed by atoms with Gasteiger partial charge < -0.3 is 23.9 Å². The molecule has 1 N–H and O–H groups in total. The Balaban J connectivity index is 1.23. The average Bonchev–Trinajstić information content (AvgIpc) is 3.49. The van der Waals surface area contributed by atoms with E-state index in [1.54, 1.807) is 42.1 Å². The molecule has 32 heavy (non-hydrogen) atoms. The summed E-state index contributed by atoms with van der Waals surface area (Å²) in [5, 5.41) is 2.94. The lowest BCUT2D eigenvalue weighted by Crippen LogP contribution is -2.11. The zero-order valence-corrected chi connectivity index (χ0v) is 17.8. The highest BCUT2D eigenvalue weighted by molar-refractivity contribution is 7.99. The molecule has 2 heterocycles. The monoisotopic (exact) mass is 445 g/mol. The van der Waals surface area contributed by atoms with Crippen molar-refractivity contribution < 1.29 is 23.4 Å². The molecule has 5 rings (SSSR count). The topological polar surface area (TPSA) is 69.9 Å². The molecule has 0 saturated heterocycles. The number of amides is 1. The van der Waals surface area contributed by atoms with Gasteiger partial charge in [-0.1, -0.05) is 42.1 Å². The van der Waals surface area contributed by atoms with Gasteiger partial charge in [0.25, 0.3) is 5.91 Å². The van der Waals surface area contributed by atoms with Gasteiger partial charge in [-0.05, 0) is 48.5 Å². The van der Waals surface area contributed by atoms with Gasteiger partial charge in [0.05, 0.1) is 5.69 Å². The Morgan fingerprint density at radius 1 is 0.906 bits per heavy atom. The van der Waals surface area contributed by atoms with E-state index in [0.29, 0.717) is 23.0 Å². The number of fused-ring (bicyclic) bond motifs is 1. The molecule has 0 unspecified atom stereocenters. The second-order valence-corrected chi connectivity index (χ2v) is 8.05. The van der Waals surface area contributed by atoms with Crippen molar-refractivity contribution in [2.45, 2.75) is 16.4 Å². The van der Waals surface area contributed by atoms with Crippen LogP contribution in [0.1, 0.15) is 16.3 Å². The molecule has 3 aromatic carbocycles. The van der Waals surface area contributed by atoms with Crippen molar-refractivity contribution in [2.24, 2.45) is 0 Å². The largest absolute Gasteiger partial charge is 0.486 e. The third kappa shape index (κ3) is 4.58. The standard InChI is InChI=1S/C25H19NO5S/c27-25(26-20-8-4-5-9-24(20)32-19-6-2-1-3-7-19)22-13-11-18(31-22)15-28-17-10-12-21-23(14-17)30-16-29-21/h1-14H,15-16H2,(H,26,27). The van der Waals surface area contributed by atoms with Crippen LogP contribution in [0.15, 0.2) is 99.1 Å². The first-order valence-electron chi connectivity index (χ1n) is 9.99. The third-order valence-electron chi connectivity index (χ3n) is 4.72. The summed E-state index contributed by atoms with van der Waals surface area (Å²) >= 11 is 1.59. The first-order chi connectivity index (χ1) is 15.7. The van der Waals surface area contributed by atoms with Gasteiger partial charge in [0.2, 0.25) is 6.79 Å². The van der Waals surface area contributed by atoms with Crippen LogP contribution >= 0.6 is 11.8 Å². The van der Waals surface area contributed by atoms with Crippen LogP contribution in [0.3, 0.4) is 0 Å². The number of nitrogens with one attached hydrogen (secondary N) is 1. The number of rotatable bonds is 7. The second-order valence-electron chi connectivity index (χ2n) is 6.94. The van der Waals surface area contributed by atoms with Crippen LogP contribution in [-0.4, -0.2) is 12.7 Å². The first kappa shape index (κ1) is 20.1. The molecular weight excluding hydrogens is 426 g/mol. The van der Waals surface area contributed by atoms with Crippen LogP contribution in [0.25, 0.3) is 0 Å². The fraction of sp³-hybridized carbons (Fsp3) is 0.0800. The number of hydrogen-bond acceptors (Lipinski definition) is 6. The maximum Gasteiger partial charge on any atom is 0.291 e. The molecule has 7 heteroatoms. The van der Waals surface area contributed by atoms with Crippen molar-refractivity contribution >= 4 is 23.4 Å². The van der Waals surface area contributed by atoms with Gasteiger partial charge >= 0.3 is 0 Å². The van der Waals surface area contributed by atoms with E-state index in [1.165, 1.54) is 0 Å². The highest BCUT2D eigenvalue weighted by Crippen LogP contribution is 2.35. The van der Waals surface area contributed by atoms with Gasteiger partial charge in [-0.25, -0.2) is 0 Å². The summed E-state index contributed by atoms with van der Waals surface area (Å²) in [6.45, 7) is 0.399. The van der Waals surface area contributed by atoms with Crippen LogP contribution in [0.5, 0.6) is 17.2 Å². The summed E-state index contributed by atoms with van der Waals surface area (Å²) < 4.78 is 22.1. The maximum atomic E-state index is 12.7. The Morgan fingerprint density at radius 3 is 2.62 bits per heavy atom. The number of furan rings is 1. The van der Waals surface area contributed by atoms with Gasteiger partial charge in [-0.3, -0.25) is 4.79 Å². The van der Waals surface area contributed by atoms with E-state index < -0.39 is 0 Å². The molecule has 6 nitrogen and oxygen atoms in total. The van der Waals surface area contributed by atoms with Gasteiger partial charge in [0, 0.05) is 15.9 Å². The number of anilines is 1. The van der Waals surface area contributed by atoms with Crippen LogP contribution in [0, 0.1) is 0 Å². The summed E-state index contributed by atoms with van der Waals surface area (Å²) in [6, 6.07) is 26.4. The number of para-hydroxylation sites is 1. The molecule has 0 radical (unpaired) electrons. The lowest BCUT2D eigenvalue weighted by atomic mass is 10.3. The van der Waals surface area contributed by atoms with E-state index in [-0.39, 0.29) is 25.1 Å². The molecule has 0 fully saturated rings. The fourth-order valence-corrected chi connectivity index (χ4v) is 4.08. The van der Waals surface area contributed by atoms with E-state index in [1.807, 2.05) is 54.6 Å². The lowest BCUT2D eigenvalue weighted by Gasteiger charge is -2.10. The molecular formula is C25H19NO5S. The smallest absolute Gasteiger partial charge is 0.291 e. The summed E-state index contributed by atoms with van der Waals surface area (Å²) in [5.41, 5.74) is 0.723.